The summed E-state index contributed by atoms with van der Waals surface area (Å²) in [5, 5.41) is 12.5. The summed E-state index contributed by atoms with van der Waals surface area (Å²) < 4.78 is 7.91. The van der Waals surface area contributed by atoms with Gasteiger partial charge in [0.2, 0.25) is 0 Å². The SMILES string of the molecule is CCn1nc(CN2CCN(Cc3cn[nH]c3-c3ccc(C)c(C)c3)CC2)c2c1CCOC2. The van der Waals surface area contributed by atoms with Crippen molar-refractivity contribution in [1.82, 2.24) is 29.8 Å². The van der Waals surface area contributed by atoms with Crippen LogP contribution in [-0.4, -0.2) is 62.6 Å². The van der Waals surface area contributed by atoms with Crippen molar-refractivity contribution in [2.75, 3.05) is 32.8 Å². The molecular formula is C25H34N6O. The highest BCUT2D eigenvalue weighted by atomic mass is 16.5. The van der Waals surface area contributed by atoms with Crippen LogP contribution < -0.4 is 0 Å². The van der Waals surface area contributed by atoms with Gasteiger partial charge in [0.25, 0.3) is 0 Å². The van der Waals surface area contributed by atoms with Crippen LogP contribution in [0.3, 0.4) is 0 Å². The van der Waals surface area contributed by atoms with Crippen LogP contribution in [0.15, 0.2) is 24.4 Å². The maximum absolute atomic E-state index is 5.73. The first-order chi connectivity index (χ1) is 15.6. The van der Waals surface area contributed by atoms with Gasteiger partial charge in [0.05, 0.1) is 30.8 Å². The second kappa shape index (κ2) is 9.17. The molecule has 1 saturated heterocycles. The van der Waals surface area contributed by atoms with Crippen molar-refractivity contribution < 1.29 is 4.74 Å². The number of aryl methyl sites for hydroxylation is 3. The smallest absolute Gasteiger partial charge is 0.0822 e. The van der Waals surface area contributed by atoms with Gasteiger partial charge in [-0.2, -0.15) is 10.2 Å². The molecule has 1 aromatic carbocycles. The minimum atomic E-state index is 0.715. The molecule has 170 valence electrons. The molecule has 1 N–H and O–H groups in total. The number of nitrogens with one attached hydrogen (secondary N) is 1. The lowest BCUT2D eigenvalue weighted by atomic mass is 10.0. The number of rotatable bonds is 6. The lowest BCUT2D eigenvalue weighted by Crippen LogP contribution is -2.45. The van der Waals surface area contributed by atoms with Gasteiger partial charge in [0.15, 0.2) is 0 Å². The molecule has 5 rings (SSSR count). The summed E-state index contributed by atoms with van der Waals surface area (Å²) in [5.74, 6) is 0. The highest BCUT2D eigenvalue weighted by Crippen LogP contribution is 2.26. The van der Waals surface area contributed by atoms with E-state index in [0.29, 0.717) is 6.61 Å². The third kappa shape index (κ3) is 4.25. The summed E-state index contributed by atoms with van der Waals surface area (Å²) in [6.45, 7) is 15.1. The van der Waals surface area contributed by atoms with E-state index in [9.17, 15) is 0 Å². The molecule has 7 nitrogen and oxygen atoms in total. The van der Waals surface area contributed by atoms with E-state index >= 15 is 0 Å². The highest BCUT2D eigenvalue weighted by Gasteiger charge is 2.24. The fraction of sp³-hybridized carbons (Fsp3) is 0.520. The van der Waals surface area contributed by atoms with Gasteiger partial charge >= 0.3 is 0 Å². The molecule has 2 aliphatic rings. The molecule has 3 aromatic rings. The molecule has 0 radical (unpaired) electrons. The number of aromatic amines is 1. The van der Waals surface area contributed by atoms with Crippen LogP contribution in [0.5, 0.6) is 0 Å². The molecule has 0 aliphatic carbocycles. The Kier molecular flexibility index (Phi) is 6.13. The third-order valence-electron chi connectivity index (χ3n) is 7.02. The highest BCUT2D eigenvalue weighted by molar-refractivity contribution is 5.64. The molecule has 0 spiro atoms. The van der Waals surface area contributed by atoms with Gasteiger partial charge in [0.1, 0.15) is 0 Å². The fourth-order valence-corrected chi connectivity index (χ4v) is 4.90. The summed E-state index contributed by atoms with van der Waals surface area (Å²) in [4.78, 5) is 5.07. The Morgan fingerprint density at radius 2 is 1.81 bits per heavy atom. The van der Waals surface area contributed by atoms with Crippen molar-refractivity contribution in [3.8, 4) is 11.3 Å². The predicted molar refractivity (Wildman–Crippen MR) is 125 cm³/mol. The standard InChI is InChI=1S/C25H34N6O/c1-4-31-24-7-12-32-17-22(24)23(28-31)16-30-10-8-29(9-11-30)15-21-14-26-27-25(21)20-6-5-18(2)19(3)13-20/h5-6,13-14H,4,7-12,15-17H2,1-3H3,(H,26,27). The molecule has 32 heavy (non-hydrogen) atoms. The van der Waals surface area contributed by atoms with Crippen LogP contribution in [0.4, 0.5) is 0 Å². The average Bonchev–Trinajstić information content (AvgIpc) is 3.42. The van der Waals surface area contributed by atoms with Crippen LogP contribution >= 0.6 is 0 Å². The zero-order chi connectivity index (χ0) is 22.1. The van der Waals surface area contributed by atoms with Gasteiger partial charge < -0.3 is 4.74 Å². The second-order valence-corrected chi connectivity index (χ2v) is 9.11. The number of ether oxygens (including phenoxy) is 1. The van der Waals surface area contributed by atoms with Gasteiger partial charge in [-0.05, 0) is 38.0 Å². The maximum Gasteiger partial charge on any atom is 0.0822 e. The lowest BCUT2D eigenvalue weighted by molar-refractivity contribution is 0.104. The van der Waals surface area contributed by atoms with E-state index in [2.05, 4.69) is 63.6 Å². The molecular weight excluding hydrogens is 400 g/mol. The maximum atomic E-state index is 5.73. The summed E-state index contributed by atoms with van der Waals surface area (Å²) in [5.41, 5.74) is 10.2. The van der Waals surface area contributed by atoms with Crippen LogP contribution in [0.25, 0.3) is 11.3 Å². The zero-order valence-electron chi connectivity index (χ0n) is 19.5. The van der Waals surface area contributed by atoms with E-state index in [-0.39, 0.29) is 0 Å². The van der Waals surface area contributed by atoms with E-state index in [1.54, 1.807) is 0 Å². The van der Waals surface area contributed by atoms with E-state index < -0.39 is 0 Å². The van der Waals surface area contributed by atoms with Gasteiger partial charge in [-0.25, -0.2) is 0 Å². The molecule has 4 heterocycles. The third-order valence-corrected chi connectivity index (χ3v) is 7.02. The first kappa shape index (κ1) is 21.4. The molecule has 2 aromatic heterocycles. The topological polar surface area (TPSA) is 62.2 Å². The summed E-state index contributed by atoms with van der Waals surface area (Å²) in [6.07, 6.45) is 2.97. The Hall–Kier alpha value is -2.48. The first-order valence-corrected chi connectivity index (χ1v) is 11.8. The van der Waals surface area contributed by atoms with Crippen LogP contribution in [-0.2, 0) is 37.4 Å². The minimum Gasteiger partial charge on any atom is -0.376 e. The van der Waals surface area contributed by atoms with Crippen molar-refractivity contribution >= 4 is 0 Å². The van der Waals surface area contributed by atoms with Crippen LogP contribution in [0, 0.1) is 13.8 Å². The van der Waals surface area contributed by atoms with Crippen molar-refractivity contribution in [3.05, 3.63) is 58.0 Å². The van der Waals surface area contributed by atoms with Gasteiger partial charge in [-0.1, -0.05) is 12.1 Å². The molecule has 7 heteroatoms. The molecule has 0 bridgehead atoms. The number of hydrogen-bond acceptors (Lipinski definition) is 5. The molecule has 1 fully saturated rings. The van der Waals surface area contributed by atoms with Crippen LogP contribution in [0.2, 0.25) is 0 Å². The lowest BCUT2D eigenvalue weighted by Gasteiger charge is -2.34. The van der Waals surface area contributed by atoms with Crippen molar-refractivity contribution in [2.45, 2.75) is 53.4 Å². The predicted octanol–water partition coefficient (Wildman–Crippen LogP) is 3.30. The van der Waals surface area contributed by atoms with E-state index in [1.807, 2.05) is 6.20 Å². The number of nitrogens with zero attached hydrogens (tertiary/aromatic N) is 5. The number of H-pyrrole nitrogens is 1. The van der Waals surface area contributed by atoms with Crippen LogP contribution in [0.1, 0.15) is 40.6 Å². The molecule has 0 amide bonds. The Balaban J connectivity index is 1.21. The summed E-state index contributed by atoms with van der Waals surface area (Å²) in [7, 11) is 0. The largest absolute Gasteiger partial charge is 0.376 e. The zero-order valence-corrected chi connectivity index (χ0v) is 19.5. The Labute approximate surface area is 190 Å². The van der Waals surface area contributed by atoms with Gasteiger partial charge in [-0.3, -0.25) is 19.6 Å². The molecule has 0 unspecified atom stereocenters. The van der Waals surface area contributed by atoms with Crippen molar-refractivity contribution in [3.63, 3.8) is 0 Å². The molecule has 0 saturated carbocycles. The average molecular weight is 435 g/mol. The Morgan fingerprint density at radius 1 is 1.03 bits per heavy atom. The van der Waals surface area contributed by atoms with Gasteiger partial charge in [-0.15, -0.1) is 0 Å². The van der Waals surface area contributed by atoms with Crippen molar-refractivity contribution in [2.24, 2.45) is 0 Å². The fourth-order valence-electron chi connectivity index (χ4n) is 4.90. The summed E-state index contributed by atoms with van der Waals surface area (Å²) in [6, 6.07) is 6.64. The second-order valence-electron chi connectivity index (χ2n) is 9.11. The number of aromatic nitrogens is 4. The monoisotopic (exact) mass is 434 g/mol. The van der Waals surface area contributed by atoms with E-state index in [0.717, 1.165) is 64.5 Å². The number of fused-ring (bicyclic) bond motifs is 1. The molecule has 2 aliphatic heterocycles. The summed E-state index contributed by atoms with van der Waals surface area (Å²) >= 11 is 0. The quantitative estimate of drug-likeness (QED) is 0.645. The Bertz CT molecular complexity index is 1080. The van der Waals surface area contributed by atoms with E-state index in [4.69, 9.17) is 9.84 Å². The van der Waals surface area contributed by atoms with Crippen molar-refractivity contribution in [1.29, 1.82) is 0 Å². The first-order valence-electron chi connectivity index (χ1n) is 11.8. The Morgan fingerprint density at radius 3 is 2.56 bits per heavy atom. The number of benzene rings is 1. The normalized spacial score (nSPS) is 17.6. The minimum absolute atomic E-state index is 0.715. The number of hydrogen-bond donors (Lipinski definition) is 1. The molecule has 0 atom stereocenters. The van der Waals surface area contributed by atoms with Gasteiger partial charge in [0, 0.05) is 74.6 Å². The van der Waals surface area contributed by atoms with E-state index in [1.165, 1.54) is 39.2 Å². The number of piperazine rings is 1.